The van der Waals surface area contributed by atoms with E-state index in [9.17, 15) is 0 Å². The van der Waals surface area contributed by atoms with Crippen LogP contribution in [0.1, 0.15) is 42.4 Å². The summed E-state index contributed by atoms with van der Waals surface area (Å²) in [6.45, 7) is 6.38. The van der Waals surface area contributed by atoms with Gasteiger partial charge in [-0.15, -0.1) is 0 Å². The maximum Gasteiger partial charge on any atom is 0 e. The molecule has 0 atom stereocenters. The van der Waals surface area contributed by atoms with Gasteiger partial charge in [0, 0.05) is 19.5 Å². The first-order valence-corrected chi connectivity index (χ1v) is 6.53. The maximum absolute atomic E-state index is 2.27. The van der Waals surface area contributed by atoms with E-state index in [4.69, 9.17) is 0 Å². The van der Waals surface area contributed by atoms with Crippen LogP contribution in [-0.2, 0) is 19.5 Å². The third-order valence-corrected chi connectivity index (χ3v) is 2.70. The molecule has 0 fully saturated rings. The van der Waals surface area contributed by atoms with Crippen molar-refractivity contribution in [3.05, 3.63) is 59.2 Å². The molecule has 0 saturated carbocycles. The quantitative estimate of drug-likeness (QED) is 0.448. The molecule has 0 bridgehead atoms. The number of hydrogen-bond donors (Lipinski definition) is 0. The van der Waals surface area contributed by atoms with Crippen LogP contribution >= 0.6 is 0 Å². The van der Waals surface area contributed by atoms with Crippen molar-refractivity contribution >= 4 is 0 Å². The van der Waals surface area contributed by atoms with Gasteiger partial charge in [0.15, 0.2) is 0 Å². The van der Waals surface area contributed by atoms with Gasteiger partial charge in [-0.25, -0.2) is 0 Å². The van der Waals surface area contributed by atoms with E-state index in [1.807, 2.05) is 0 Å². The Morgan fingerprint density at radius 3 is 1.00 bits per heavy atom. The second kappa shape index (κ2) is 10.3. The molecule has 0 aliphatic heterocycles. The molecule has 101 valence electrons. The van der Waals surface area contributed by atoms with Gasteiger partial charge >= 0.3 is 0 Å². The summed E-state index contributed by atoms with van der Waals surface area (Å²) in [5, 5.41) is 0. The van der Waals surface area contributed by atoms with E-state index in [1.54, 1.807) is 0 Å². The molecule has 1 aromatic rings. The molecule has 1 heteroatoms. The van der Waals surface area contributed by atoms with Gasteiger partial charge in [0.1, 0.15) is 0 Å². The molecular weight excluding hydrogens is 307 g/mol. The van der Waals surface area contributed by atoms with Crippen molar-refractivity contribution in [2.75, 3.05) is 0 Å². The summed E-state index contributed by atoms with van der Waals surface area (Å²) in [5.74, 6) is 0. The Labute approximate surface area is 125 Å². The van der Waals surface area contributed by atoms with Crippen molar-refractivity contribution in [2.24, 2.45) is 0 Å². The molecule has 0 nitrogen and oxygen atoms in total. The van der Waals surface area contributed by atoms with Gasteiger partial charge in [0.05, 0.1) is 0 Å². The van der Waals surface area contributed by atoms with Crippen LogP contribution in [0.25, 0.3) is 0 Å². The molecule has 0 unspecified atom stereocenters. The largest absolute Gasteiger partial charge is 0.0882 e. The second-order valence-corrected chi connectivity index (χ2v) is 4.76. The number of hydrogen-bond acceptors (Lipinski definition) is 0. The van der Waals surface area contributed by atoms with Crippen molar-refractivity contribution < 1.29 is 19.5 Å². The van der Waals surface area contributed by atoms with Crippen molar-refractivity contribution in [3.8, 4) is 0 Å². The third kappa shape index (κ3) is 8.42. The van der Waals surface area contributed by atoms with Gasteiger partial charge in [-0.1, -0.05) is 59.2 Å². The molecule has 0 aromatic heterocycles. The molecule has 1 radical (unpaired) electrons. The van der Waals surface area contributed by atoms with E-state index < -0.39 is 0 Å². The Morgan fingerprint density at radius 1 is 0.556 bits per heavy atom. The SMILES string of the molecule is C1=CCC/C=C\CC1.Cc1cc(C)cc(C)c1.[Rh]. The van der Waals surface area contributed by atoms with Crippen LogP contribution in [0.4, 0.5) is 0 Å². The van der Waals surface area contributed by atoms with Gasteiger partial charge in [0.2, 0.25) is 0 Å². The van der Waals surface area contributed by atoms with Crippen LogP contribution in [0.5, 0.6) is 0 Å². The summed E-state index contributed by atoms with van der Waals surface area (Å²) in [5.41, 5.74) is 4.06. The molecule has 0 amide bonds. The van der Waals surface area contributed by atoms with Crippen molar-refractivity contribution in [3.63, 3.8) is 0 Å². The standard InChI is InChI=1S/C9H12.C8H12.Rh/c1-7-4-8(2)6-9(3)5-7;1-2-4-6-8-7-5-3-1;/h4-6H,1-3H3;1-2,7-8H,3-6H2;/b;2-1-,8-7?;. The van der Waals surface area contributed by atoms with Crippen LogP contribution in [0.2, 0.25) is 0 Å². The van der Waals surface area contributed by atoms with Gasteiger partial charge in [-0.05, 0) is 46.5 Å². The molecule has 0 heterocycles. The Kier molecular flexibility index (Phi) is 9.88. The number of allylic oxidation sites excluding steroid dienone is 4. The summed E-state index contributed by atoms with van der Waals surface area (Å²) < 4.78 is 0. The summed E-state index contributed by atoms with van der Waals surface area (Å²) >= 11 is 0. The summed E-state index contributed by atoms with van der Waals surface area (Å²) in [4.78, 5) is 0. The summed E-state index contributed by atoms with van der Waals surface area (Å²) in [7, 11) is 0. The van der Waals surface area contributed by atoms with Gasteiger partial charge in [-0.2, -0.15) is 0 Å². The Hall–Kier alpha value is -0.677. The van der Waals surface area contributed by atoms with E-state index in [0.29, 0.717) is 0 Å². The molecule has 1 aliphatic carbocycles. The predicted octanol–water partition coefficient (Wildman–Crippen LogP) is 5.28. The zero-order valence-corrected chi connectivity index (χ0v) is 13.3. The minimum Gasteiger partial charge on any atom is -0.0882 e. The van der Waals surface area contributed by atoms with Crippen molar-refractivity contribution in [2.45, 2.75) is 46.5 Å². The minimum absolute atomic E-state index is 0. The van der Waals surface area contributed by atoms with Gasteiger partial charge in [0.25, 0.3) is 0 Å². The van der Waals surface area contributed by atoms with Crippen LogP contribution in [-0.4, -0.2) is 0 Å². The number of aryl methyl sites for hydroxylation is 3. The zero-order valence-electron chi connectivity index (χ0n) is 11.7. The molecule has 2 rings (SSSR count). The Balaban J connectivity index is 0.000000306. The zero-order chi connectivity index (χ0) is 12.5. The van der Waals surface area contributed by atoms with Crippen LogP contribution < -0.4 is 0 Å². The van der Waals surface area contributed by atoms with Gasteiger partial charge < -0.3 is 0 Å². The van der Waals surface area contributed by atoms with E-state index in [0.717, 1.165) is 0 Å². The molecule has 0 saturated heterocycles. The number of benzene rings is 1. The topological polar surface area (TPSA) is 0 Å². The van der Waals surface area contributed by atoms with Crippen LogP contribution in [0, 0.1) is 20.8 Å². The van der Waals surface area contributed by atoms with Crippen LogP contribution in [0.3, 0.4) is 0 Å². The first-order chi connectivity index (χ1) is 8.18. The van der Waals surface area contributed by atoms with E-state index >= 15 is 0 Å². The molecular formula is C17H24Rh. The average molecular weight is 331 g/mol. The molecule has 0 spiro atoms. The molecule has 1 aliphatic rings. The average Bonchev–Trinajstić information content (AvgIpc) is 2.13. The Bertz CT molecular complexity index is 312. The normalized spacial score (nSPS) is 15.5. The first kappa shape index (κ1) is 17.3. The van der Waals surface area contributed by atoms with Crippen molar-refractivity contribution in [1.29, 1.82) is 0 Å². The monoisotopic (exact) mass is 331 g/mol. The molecule has 0 N–H and O–H groups in total. The van der Waals surface area contributed by atoms with E-state index in [2.05, 4.69) is 63.3 Å². The van der Waals surface area contributed by atoms with E-state index in [1.165, 1.54) is 42.4 Å². The number of rotatable bonds is 0. The second-order valence-electron chi connectivity index (χ2n) is 4.76. The molecule has 18 heavy (non-hydrogen) atoms. The van der Waals surface area contributed by atoms with Gasteiger partial charge in [-0.3, -0.25) is 0 Å². The van der Waals surface area contributed by atoms with E-state index in [-0.39, 0.29) is 19.5 Å². The maximum atomic E-state index is 2.27. The summed E-state index contributed by atoms with van der Waals surface area (Å²) in [6, 6.07) is 6.56. The fraction of sp³-hybridized carbons (Fsp3) is 0.412. The minimum atomic E-state index is 0. The predicted molar refractivity (Wildman–Crippen MR) is 77.4 cm³/mol. The van der Waals surface area contributed by atoms with Crippen molar-refractivity contribution in [1.82, 2.24) is 0 Å². The molecule has 1 aromatic carbocycles. The summed E-state index contributed by atoms with van der Waals surface area (Å²) in [6.07, 6.45) is 14.0. The smallest absolute Gasteiger partial charge is 0 e. The third-order valence-electron chi connectivity index (χ3n) is 2.70. The Morgan fingerprint density at radius 2 is 0.778 bits per heavy atom. The van der Waals surface area contributed by atoms with Crippen LogP contribution in [0.15, 0.2) is 42.5 Å². The fourth-order valence-electron chi connectivity index (χ4n) is 2.06. The fourth-order valence-corrected chi connectivity index (χ4v) is 2.06. The first-order valence-electron chi connectivity index (χ1n) is 6.53.